The van der Waals surface area contributed by atoms with Gasteiger partial charge in [0.2, 0.25) is 5.69 Å². The second-order valence-electron chi connectivity index (χ2n) is 4.63. The summed E-state index contributed by atoms with van der Waals surface area (Å²) in [5.74, 6) is 6.21. The molecule has 0 radical (unpaired) electrons. The van der Waals surface area contributed by atoms with E-state index >= 15 is 0 Å². The van der Waals surface area contributed by atoms with Crippen molar-refractivity contribution >= 4 is 70.6 Å². The van der Waals surface area contributed by atoms with Gasteiger partial charge in [0.15, 0.2) is 0 Å². The summed E-state index contributed by atoms with van der Waals surface area (Å²) in [5.41, 5.74) is -2.02. The number of thioether (sulfide) groups is 2. The van der Waals surface area contributed by atoms with Crippen molar-refractivity contribution in [2.24, 2.45) is 0 Å². The molecule has 0 spiro atoms. The standard InChI is InChI=1S/C8H19O3PS2.C8H19O2PS3/c1-4-10-12(9,11-5-2)14-8-7-13-6-3;1-4-9-11(12,10-5-2)14-8-7-13-6-3/h2*4-8H2,1-3H3. The summed E-state index contributed by atoms with van der Waals surface area (Å²) in [6, 6.07) is 0. The van der Waals surface area contributed by atoms with E-state index in [1.165, 1.54) is 11.4 Å². The first-order valence-corrected chi connectivity index (χ1v) is 19.3. The van der Waals surface area contributed by atoms with E-state index in [0.29, 0.717) is 26.4 Å². The number of hydrogen-bond donors (Lipinski definition) is 0. The molecule has 5 nitrogen and oxygen atoms in total. The molecule has 0 aromatic rings. The van der Waals surface area contributed by atoms with E-state index in [4.69, 9.17) is 29.9 Å². The van der Waals surface area contributed by atoms with Crippen LogP contribution in [0.25, 0.3) is 0 Å². The van der Waals surface area contributed by atoms with Crippen LogP contribution in [0.2, 0.25) is 0 Å². The molecule has 0 aliphatic rings. The fourth-order valence-electron chi connectivity index (χ4n) is 1.56. The second-order valence-corrected chi connectivity index (χ2v) is 18.0. The van der Waals surface area contributed by atoms with Gasteiger partial charge in [-0.15, -0.1) is 0 Å². The minimum Gasteiger partial charge on any atom is -0.322 e. The monoisotopic (exact) mass is 532 g/mol. The van der Waals surface area contributed by atoms with Crippen LogP contribution in [-0.4, -0.2) is 60.9 Å². The predicted octanol–water partition coefficient (Wildman–Crippen LogP) is 7.42. The van der Waals surface area contributed by atoms with E-state index in [1.54, 1.807) is 11.4 Å². The van der Waals surface area contributed by atoms with Gasteiger partial charge in [-0.3, -0.25) is 0 Å². The molecule has 0 unspecified atom stereocenters. The fourth-order valence-corrected chi connectivity index (χ4v) is 12.0. The molecular formula is C16H38O5P2S5. The zero-order valence-corrected chi connectivity index (χ0v) is 23.9. The second kappa shape index (κ2) is 22.3. The van der Waals surface area contributed by atoms with Crippen LogP contribution in [0, 0.1) is 0 Å². The van der Waals surface area contributed by atoms with E-state index in [9.17, 15) is 4.57 Å². The van der Waals surface area contributed by atoms with Crippen molar-refractivity contribution in [2.45, 2.75) is 41.5 Å². The third-order valence-corrected chi connectivity index (χ3v) is 14.4. The average Bonchev–Trinajstić information content (AvgIpc) is 2.64. The van der Waals surface area contributed by atoms with Gasteiger partial charge in [0.1, 0.15) is 0 Å². The van der Waals surface area contributed by atoms with Gasteiger partial charge in [-0.05, 0) is 62.4 Å². The molecule has 0 bridgehead atoms. The molecule has 0 aliphatic carbocycles. The molecule has 0 fully saturated rings. The molecule has 172 valence electrons. The van der Waals surface area contributed by atoms with Crippen LogP contribution in [-0.2, 0) is 34.5 Å². The topological polar surface area (TPSA) is 54.0 Å². The SMILES string of the molecule is CCOP(=O)(OCC)SCCSCC.CCOP(=S)(OCC)SCCSCC. The van der Waals surface area contributed by atoms with Gasteiger partial charge in [-0.2, -0.15) is 23.5 Å². The van der Waals surface area contributed by atoms with Gasteiger partial charge < -0.3 is 18.1 Å². The smallest absolute Gasteiger partial charge is 0.322 e. The fraction of sp³-hybridized carbons (Fsp3) is 1.00. The Labute approximate surface area is 194 Å². The van der Waals surface area contributed by atoms with E-state index in [2.05, 4.69) is 13.8 Å². The lowest BCUT2D eigenvalue weighted by Gasteiger charge is -2.19. The molecule has 28 heavy (non-hydrogen) atoms. The highest BCUT2D eigenvalue weighted by Crippen LogP contribution is 2.61. The van der Waals surface area contributed by atoms with Crippen LogP contribution in [0.5, 0.6) is 0 Å². The van der Waals surface area contributed by atoms with Crippen LogP contribution in [0.15, 0.2) is 0 Å². The average molecular weight is 533 g/mol. The first-order valence-electron chi connectivity index (χ1n) is 9.59. The molecule has 0 saturated carbocycles. The molecule has 0 aromatic carbocycles. The van der Waals surface area contributed by atoms with Crippen molar-refractivity contribution in [3.8, 4) is 0 Å². The van der Waals surface area contributed by atoms with E-state index < -0.39 is 12.5 Å². The Bertz CT molecular complexity index is 374. The van der Waals surface area contributed by atoms with Gasteiger partial charge >= 0.3 is 6.80 Å². The van der Waals surface area contributed by atoms with E-state index in [0.717, 1.165) is 34.5 Å². The lowest BCUT2D eigenvalue weighted by atomic mass is 10.9. The summed E-state index contributed by atoms with van der Waals surface area (Å²) in [6.07, 6.45) is 0. The first kappa shape index (κ1) is 32.3. The summed E-state index contributed by atoms with van der Waals surface area (Å²) < 4.78 is 33.2. The normalized spacial score (nSPS) is 11.9. The van der Waals surface area contributed by atoms with Crippen LogP contribution < -0.4 is 0 Å². The lowest BCUT2D eigenvalue weighted by Crippen LogP contribution is -1.94. The van der Waals surface area contributed by atoms with Crippen LogP contribution in [0.4, 0.5) is 0 Å². The first-order chi connectivity index (χ1) is 13.4. The van der Waals surface area contributed by atoms with Crippen molar-refractivity contribution in [3.63, 3.8) is 0 Å². The number of rotatable bonds is 18. The van der Waals surface area contributed by atoms with E-state index in [-0.39, 0.29) is 0 Å². The molecule has 0 N–H and O–H groups in total. The van der Waals surface area contributed by atoms with Gasteiger partial charge in [0.25, 0.3) is 0 Å². The minimum absolute atomic E-state index is 0.436. The third-order valence-electron chi connectivity index (χ3n) is 2.51. The summed E-state index contributed by atoms with van der Waals surface area (Å²) >= 11 is 12.1. The Morgan fingerprint density at radius 1 is 0.643 bits per heavy atom. The highest BCUT2D eigenvalue weighted by Gasteiger charge is 2.23. The predicted molar refractivity (Wildman–Crippen MR) is 139 cm³/mol. The third kappa shape index (κ3) is 20.0. The van der Waals surface area contributed by atoms with Gasteiger partial charge in [-0.25, -0.2) is 4.57 Å². The summed E-state index contributed by atoms with van der Waals surface area (Å²) in [7, 11) is 0. The molecule has 0 saturated heterocycles. The van der Waals surface area contributed by atoms with Crippen LogP contribution >= 0.6 is 58.8 Å². The Kier molecular flexibility index (Phi) is 25.7. The lowest BCUT2D eigenvalue weighted by molar-refractivity contribution is 0.237. The summed E-state index contributed by atoms with van der Waals surface area (Å²) in [4.78, 5) is 0. The van der Waals surface area contributed by atoms with Gasteiger partial charge in [0, 0.05) is 23.0 Å². The molecule has 12 heteroatoms. The molecule has 0 amide bonds. The summed E-state index contributed by atoms with van der Waals surface area (Å²) in [5, 5.41) is 0. The maximum absolute atomic E-state index is 11.9. The molecule has 0 heterocycles. The maximum Gasteiger partial charge on any atom is 0.389 e. The van der Waals surface area contributed by atoms with Crippen molar-refractivity contribution in [3.05, 3.63) is 0 Å². The Morgan fingerprint density at radius 2 is 1.04 bits per heavy atom. The largest absolute Gasteiger partial charge is 0.389 e. The van der Waals surface area contributed by atoms with Crippen molar-refractivity contribution in [1.82, 2.24) is 0 Å². The van der Waals surface area contributed by atoms with Crippen LogP contribution in [0.1, 0.15) is 41.5 Å². The van der Waals surface area contributed by atoms with Crippen molar-refractivity contribution in [2.75, 3.05) is 60.9 Å². The Balaban J connectivity index is 0. The zero-order valence-electron chi connectivity index (χ0n) is 18.0. The highest BCUT2D eigenvalue weighted by molar-refractivity contribution is 8.68. The van der Waals surface area contributed by atoms with Crippen LogP contribution in [0.3, 0.4) is 0 Å². The Hall–Kier alpha value is 2.12. The molecule has 0 aliphatic heterocycles. The van der Waals surface area contributed by atoms with Crippen molar-refractivity contribution < 1.29 is 22.7 Å². The Morgan fingerprint density at radius 3 is 1.39 bits per heavy atom. The molecule has 0 aromatic heterocycles. The van der Waals surface area contributed by atoms with Crippen molar-refractivity contribution in [1.29, 1.82) is 0 Å². The quantitative estimate of drug-likeness (QED) is 0.132. The molecule has 0 atom stereocenters. The zero-order chi connectivity index (χ0) is 21.7. The summed E-state index contributed by atoms with van der Waals surface area (Å²) in [6.45, 7) is 11.1. The molecule has 0 rings (SSSR count). The maximum atomic E-state index is 11.9. The van der Waals surface area contributed by atoms with E-state index in [1.807, 2.05) is 51.2 Å². The van der Waals surface area contributed by atoms with Gasteiger partial charge in [-0.1, -0.05) is 25.2 Å². The minimum atomic E-state index is -2.86. The molecular weight excluding hydrogens is 494 g/mol. The number of hydrogen-bond acceptors (Lipinski definition) is 10. The van der Waals surface area contributed by atoms with Gasteiger partial charge in [0.05, 0.1) is 26.4 Å². The highest BCUT2D eigenvalue weighted by atomic mass is 32.9.